The van der Waals surface area contributed by atoms with Crippen molar-refractivity contribution in [3.63, 3.8) is 0 Å². The van der Waals surface area contributed by atoms with Crippen LogP contribution in [0.2, 0.25) is 0 Å². The van der Waals surface area contributed by atoms with Crippen LogP contribution in [0.1, 0.15) is 24.1 Å². The summed E-state index contributed by atoms with van der Waals surface area (Å²) in [6, 6.07) is 3.94. The molecule has 2 heterocycles. The number of halogens is 4. The highest BCUT2D eigenvalue weighted by atomic mass is 32.2. The summed E-state index contributed by atoms with van der Waals surface area (Å²) in [4.78, 5) is 8.78. The highest BCUT2D eigenvalue weighted by molar-refractivity contribution is 7.89. The molecule has 3 rings (SSSR count). The number of nitrogens with one attached hydrogen (secondary N) is 1. The Morgan fingerprint density at radius 2 is 1.82 bits per heavy atom. The van der Waals surface area contributed by atoms with Gasteiger partial charge < -0.3 is 4.90 Å². The van der Waals surface area contributed by atoms with Gasteiger partial charge in [-0.25, -0.2) is 27.5 Å². The van der Waals surface area contributed by atoms with E-state index in [4.69, 9.17) is 0 Å². The fraction of sp³-hybridized carbons (Fsp3) is 0.412. The number of nitrogens with zero attached hydrogens (tertiary/aromatic N) is 3. The number of anilines is 1. The smallest absolute Gasteiger partial charge is 0.356 e. The average Bonchev–Trinajstić information content (AvgIpc) is 2.61. The fourth-order valence-electron chi connectivity index (χ4n) is 3.10. The molecule has 28 heavy (non-hydrogen) atoms. The maximum absolute atomic E-state index is 13.2. The SMILES string of the molecule is Cc1cc(F)ccc1S(=O)(=O)NC1CCN(c2cc(C(F)(F)F)ncn2)CC1. The first-order valence-corrected chi connectivity index (χ1v) is 9.97. The second-order valence-corrected chi connectivity index (χ2v) is 8.23. The maximum atomic E-state index is 13.2. The topological polar surface area (TPSA) is 75.2 Å². The summed E-state index contributed by atoms with van der Waals surface area (Å²) in [5.41, 5.74) is -0.724. The van der Waals surface area contributed by atoms with Crippen molar-refractivity contribution in [3.8, 4) is 0 Å². The molecule has 6 nitrogen and oxygen atoms in total. The van der Waals surface area contributed by atoms with E-state index in [0.717, 1.165) is 24.5 Å². The molecule has 1 saturated heterocycles. The lowest BCUT2D eigenvalue weighted by Gasteiger charge is -2.33. The molecule has 1 aromatic heterocycles. The third-order valence-electron chi connectivity index (χ3n) is 4.51. The van der Waals surface area contributed by atoms with Crippen molar-refractivity contribution in [3.05, 3.63) is 47.7 Å². The Balaban J connectivity index is 1.66. The molecule has 0 saturated carbocycles. The third kappa shape index (κ3) is 4.58. The lowest BCUT2D eigenvalue weighted by molar-refractivity contribution is -0.141. The number of sulfonamides is 1. The van der Waals surface area contributed by atoms with Crippen LogP contribution in [0, 0.1) is 12.7 Å². The molecule has 11 heteroatoms. The van der Waals surface area contributed by atoms with Crippen molar-refractivity contribution >= 4 is 15.8 Å². The van der Waals surface area contributed by atoms with E-state index in [0.29, 0.717) is 31.5 Å². The number of hydrogen-bond donors (Lipinski definition) is 1. The van der Waals surface area contributed by atoms with Crippen LogP contribution in [0.3, 0.4) is 0 Å². The maximum Gasteiger partial charge on any atom is 0.433 e. The normalized spacial score (nSPS) is 16.4. The van der Waals surface area contributed by atoms with Gasteiger partial charge in [0.05, 0.1) is 4.90 Å². The van der Waals surface area contributed by atoms with Gasteiger partial charge in [0.15, 0.2) is 0 Å². The molecule has 0 unspecified atom stereocenters. The molecule has 2 aromatic rings. The summed E-state index contributed by atoms with van der Waals surface area (Å²) < 4.78 is 79.3. The third-order valence-corrected chi connectivity index (χ3v) is 6.19. The van der Waals surface area contributed by atoms with Crippen LogP contribution in [0.15, 0.2) is 35.5 Å². The van der Waals surface area contributed by atoms with E-state index in [1.165, 1.54) is 13.0 Å². The molecule has 1 fully saturated rings. The number of piperidine rings is 1. The van der Waals surface area contributed by atoms with E-state index in [9.17, 15) is 26.0 Å². The first kappa shape index (κ1) is 20.5. The quantitative estimate of drug-likeness (QED) is 0.773. The summed E-state index contributed by atoms with van der Waals surface area (Å²) in [7, 11) is -3.83. The zero-order valence-electron chi connectivity index (χ0n) is 14.9. The van der Waals surface area contributed by atoms with Crippen LogP contribution in [0.4, 0.5) is 23.4 Å². The van der Waals surface area contributed by atoms with Crippen LogP contribution in [-0.4, -0.2) is 37.5 Å². The van der Waals surface area contributed by atoms with Crippen LogP contribution >= 0.6 is 0 Å². The van der Waals surface area contributed by atoms with Gasteiger partial charge in [-0.15, -0.1) is 0 Å². The molecule has 0 atom stereocenters. The largest absolute Gasteiger partial charge is 0.433 e. The Morgan fingerprint density at radius 3 is 2.43 bits per heavy atom. The van der Waals surface area contributed by atoms with Crippen molar-refractivity contribution in [2.24, 2.45) is 0 Å². The predicted octanol–water partition coefficient (Wildman–Crippen LogP) is 2.89. The van der Waals surface area contributed by atoms with Gasteiger partial charge in [0.25, 0.3) is 0 Å². The molecule has 0 amide bonds. The van der Waals surface area contributed by atoms with E-state index in [1.54, 1.807) is 4.90 Å². The number of aromatic nitrogens is 2. The molecule has 1 aliphatic heterocycles. The Hall–Kier alpha value is -2.27. The lowest BCUT2D eigenvalue weighted by atomic mass is 10.1. The number of hydrogen-bond acceptors (Lipinski definition) is 5. The monoisotopic (exact) mass is 418 g/mol. The Morgan fingerprint density at radius 1 is 1.14 bits per heavy atom. The minimum absolute atomic E-state index is 0.00180. The van der Waals surface area contributed by atoms with Gasteiger partial charge in [-0.2, -0.15) is 13.2 Å². The summed E-state index contributed by atoms with van der Waals surface area (Å²) in [5, 5.41) is 0. The van der Waals surface area contributed by atoms with Crippen LogP contribution < -0.4 is 9.62 Å². The first-order valence-electron chi connectivity index (χ1n) is 8.49. The van der Waals surface area contributed by atoms with Crippen LogP contribution in [0.25, 0.3) is 0 Å². The molecule has 1 aliphatic rings. The zero-order valence-corrected chi connectivity index (χ0v) is 15.7. The molecule has 0 radical (unpaired) electrons. The van der Waals surface area contributed by atoms with E-state index in [1.807, 2.05) is 0 Å². The van der Waals surface area contributed by atoms with Crippen LogP contribution in [-0.2, 0) is 16.2 Å². The highest BCUT2D eigenvalue weighted by Crippen LogP contribution is 2.29. The van der Waals surface area contributed by atoms with Crippen molar-refractivity contribution < 1.29 is 26.0 Å². The average molecular weight is 418 g/mol. The standard InChI is InChI=1S/C17H18F4N4O2S/c1-11-8-12(18)2-3-14(11)28(26,27)24-13-4-6-25(7-5-13)16-9-15(17(19,20)21)22-10-23-16/h2-3,8-10,13,24H,4-7H2,1H3. The van der Waals surface area contributed by atoms with Crippen molar-refractivity contribution in [2.75, 3.05) is 18.0 Å². The molecule has 1 aromatic carbocycles. The van der Waals surface area contributed by atoms with Gasteiger partial charge in [-0.1, -0.05) is 0 Å². The van der Waals surface area contributed by atoms with Crippen molar-refractivity contribution in [2.45, 2.75) is 36.9 Å². The second-order valence-electron chi connectivity index (χ2n) is 6.55. The summed E-state index contributed by atoms with van der Waals surface area (Å²) in [6.07, 6.45) is -2.90. The summed E-state index contributed by atoms with van der Waals surface area (Å²) in [5.74, 6) is -0.370. The summed E-state index contributed by atoms with van der Waals surface area (Å²) in [6.45, 7) is 2.18. The summed E-state index contributed by atoms with van der Waals surface area (Å²) >= 11 is 0. The molecular weight excluding hydrogens is 400 g/mol. The fourth-order valence-corrected chi connectivity index (χ4v) is 4.63. The van der Waals surface area contributed by atoms with E-state index in [-0.39, 0.29) is 16.8 Å². The van der Waals surface area contributed by atoms with Crippen LogP contribution in [0.5, 0.6) is 0 Å². The molecule has 0 bridgehead atoms. The lowest BCUT2D eigenvalue weighted by Crippen LogP contribution is -2.45. The highest BCUT2D eigenvalue weighted by Gasteiger charge is 2.34. The Kier molecular flexibility index (Phi) is 5.57. The number of benzene rings is 1. The van der Waals surface area contributed by atoms with Gasteiger partial charge >= 0.3 is 6.18 Å². The number of rotatable bonds is 4. The van der Waals surface area contributed by atoms with Crippen molar-refractivity contribution in [1.29, 1.82) is 0 Å². The molecule has 1 N–H and O–H groups in total. The van der Waals surface area contributed by atoms with E-state index < -0.39 is 27.7 Å². The minimum atomic E-state index is -4.56. The van der Waals surface area contributed by atoms with Crippen molar-refractivity contribution in [1.82, 2.24) is 14.7 Å². The second kappa shape index (κ2) is 7.63. The number of aryl methyl sites for hydroxylation is 1. The molecular formula is C17H18F4N4O2S. The number of alkyl halides is 3. The minimum Gasteiger partial charge on any atom is -0.356 e. The molecule has 0 spiro atoms. The predicted molar refractivity (Wildman–Crippen MR) is 93.7 cm³/mol. The van der Waals surface area contributed by atoms with Gasteiger partial charge in [0.2, 0.25) is 10.0 Å². The molecule has 152 valence electrons. The van der Waals surface area contributed by atoms with E-state index >= 15 is 0 Å². The molecule has 0 aliphatic carbocycles. The first-order chi connectivity index (χ1) is 13.1. The van der Waals surface area contributed by atoms with Gasteiger partial charge in [-0.05, 0) is 43.5 Å². The van der Waals surface area contributed by atoms with E-state index in [2.05, 4.69) is 14.7 Å². The van der Waals surface area contributed by atoms with Gasteiger partial charge in [0.1, 0.15) is 23.7 Å². The van der Waals surface area contributed by atoms with Gasteiger partial charge in [0, 0.05) is 25.2 Å². The Bertz CT molecular complexity index is 958. The van der Waals surface area contributed by atoms with Gasteiger partial charge in [-0.3, -0.25) is 0 Å². The Labute approximate surface area is 159 Å². The zero-order chi connectivity index (χ0) is 20.5.